The van der Waals surface area contributed by atoms with Gasteiger partial charge >= 0.3 is 0 Å². The Balaban J connectivity index is 1.78. The molecule has 6 nitrogen and oxygen atoms in total. The van der Waals surface area contributed by atoms with E-state index >= 15 is 0 Å². The molecular weight excluding hydrogens is 391 g/mol. The van der Waals surface area contributed by atoms with Crippen LogP contribution in [0.1, 0.15) is 6.92 Å². The molecule has 0 aliphatic heterocycles. The van der Waals surface area contributed by atoms with Crippen molar-refractivity contribution in [3.05, 3.63) is 67.0 Å². The third-order valence-electron chi connectivity index (χ3n) is 4.12. The molecule has 8 heteroatoms. The average Bonchev–Trinajstić information content (AvgIpc) is 3.10. The van der Waals surface area contributed by atoms with E-state index in [0.717, 1.165) is 11.3 Å². The predicted molar refractivity (Wildman–Crippen MR) is 113 cm³/mol. The first-order valence-electron chi connectivity index (χ1n) is 8.93. The summed E-state index contributed by atoms with van der Waals surface area (Å²) in [4.78, 5) is 12.5. The van der Waals surface area contributed by atoms with Crippen LogP contribution in [0.2, 0.25) is 0 Å². The van der Waals surface area contributed by atoms with Crippen molar-refractivity contribution < 1.29 is 13.9 Å². The predicted octanol–water partition coefficient (Wildman–Crippen LogP) is 4.40. The van der Waals surface area contributed by atoms with Crippen molar-refractivity contribution in [2.45, 2.75) is 23.9 Å². The molecule has 1 heterocycles. The normalized spacial score (nSPS) is 11.7. The number of rotatable bonds is 8. The number of allylic oxidation sites excluding steroid dienone is 1. The number of carbonyl (C=O) groups excluding carboxylic acids is 1. The third-order valence-corrected chi connectivity index (χ3v) is 5.20. The number of thioether (sulfide) groups is 1. The van der Waals surface area contributed by atoms with Gasteiger partial charge in [-0.1, -0.05) is 23.9 Å². The second-order valence-corrected chi connectivity index (χ2v) is 7.50. The second kappa shape index (κ2) is 9.38. The van der Waals surface area contributed by atoms with Gasteiger partial charge in [-0.05, 0) is 49.4 Å². The smallest absolute Gasteiger partial charge is 0.237 e. The zero-order valence-corrected chi connectivity index (χ0v) is 16.9. The van der Waals surface area contributed by atoms with Gasteiger partial charge in [-0.2, -0.15) is 0 Å². The van der Waals surface area contributed by atoms with Crippen LogP contribution in [-0.4, -0.2) is 33.0 Å². The van der Waals surface area contributed by atoms with Crippen LogP contribution < -0.4 is 10.1 Å². The number of anilines is 1. The van der Waals surface area contributed by atoms with Crippen molar-refractivity contribution in [1.82, 2.24) is 14.8 Å². The number of hydrogen-bond acceptors (Lipinski definition) is 5. The Bertz CT molecular complexity index is 1000. The lowest BCUT2D eigenvalue weighted by atomic mass is 10.2. The van der Waals surface area contributed by atoms with E-state index < -0.39 is 11.1 Å². The van der Waals surface area contributed by atoms with Crippen molar-refractivity contribution in [3.63, 3.8) is 0 Å². The van der Waals surface area contributed by atoms with Gasteiger partial charge in [-0.25, -0.2) is 4.39 Å². The lowest BCUT2D eigenvalue weighted by Crippen LogP contribution is -2.23. The maximum Gasteiger partial charge on any atom is 0.237 e. The molecular formula is C21H21FN4O2S. The van der Waals surface area contributed by atoms with E-state index in [1.165, 1.54) is 23.9 Å². The number of halogens is 1. The molecule has 0 unspecified atom stereocenters. The molecule has 1 N–H and O–H groups in total. The number of nitrogens with zero attached hydrogens (tertiary/aromatic N) is 3. The monoisotopic (exact) mass is 412 g/mol. The number of methoxy groups -OCH3 is 1. The zero-order chi connectivity index (χ0) is 20.8. The Morgan fingerprint density at radius 2 is 2.07 bits per heavy atom. The van der Waals surface area contributed by atoms with Crippen LogP contribution in [0.5, 0.6) is 5.75 Å². The Kier molecular flexibility index (Phi) is 6.66. The van der Waals surface area contributed by atoms with E-state index in [0.29, 0.717) is 23.2 Å². The highest BCUT2D eigenvalue weighted by Crippen LogP contribution is 2.28. The minimum Gasteiger partial charge on any atom is -0.497 e. The zero-order valence-electron chi connectivity index (χ0n) is 16.1. The Labute approximate surface area is 172 Å². The molecule has 0 fully saturated rings. The standard InChI is InChI=1S/C21H21FN4O2S/c1-4-12-26-19(15-8-10-18(28-3)11-9-15)24-25-21(26)29-14(2)20(27)23-17-7-5-6-16(22)13-17/h4-11,13-14H,1,12H2,2-3H3,(H,23,27)/t14-/m0/s1. The van der Waals surface area contributed by atoms with Gasteiger partial charge in [0.15, 0.2) is 11.0 Å². The molecule has 29 heavy (non-hydrogen) atoms. The topological polar surface area (TPSA) is 69.0 Å². The molecule has 0 spiro atoms. The summed E-state index contributed by atoms with van der Waals surface area (Å²) in [7, 11) is 1.61. The molecule has 0 saturated carbocycles. The molecule has 0 radical (unpaired) electrons. The first-order valence-corrected chi connectivity index (χ1v) is 9.81. The van der Waals surface area contributed by atoms with Gasteiger partial charge in [0.05, 0.1) is 12.4 Å². The molecule has 1 atom stereocenters. The highest BCUT2D eigenvalue weighted by Gasteiger charge is 2.20. The van der Waals surface area contributed by atoms with Gasteiger partial charge in [-0.3, -0.25) is 9.36 Å². The lowest BCUT2D eigenvalue weighted by molar-refractivity contribution is -0.115. The maximum atomic E-state index is 13.3. The fourth-order valence-corrected chi connectivity index (χ4v) is 3.50. The highest BCUT2D eigenvalue weighted by molar-refractivity contribution is 8.00. The van der Waals surface area contributed by atoms with E-state index in [4.69, 9.17) is 4.74 Å². The maximum absolute atomic E-state index is 13.3. The Morgan fingerprint density at radius 3 is 2.72 bits per heavy atom. The molecule has 0 aliphatic carbocycles. The molecule has 1 amide bonds. The number of benzene rings is 2. The summed E-state index contributed by atoms with van der Waals surface area (Å²) in [5.41, 5.74) is 1.29. The van der Waals surface area contributed by atoms with Gasteiger partial charge in [0.25, 0.3) is 0 Å². The van der Waals surface area contributed by atoms with Crippen molar-refractivity contribution in [2.24, 2.45) is 0 Å². The Morgan fingerprint density at radius 1 is 1.31 bits per heavy atom. The molecule has 0 aliphatic rings. The number of ether oxygens (including phenoxy) is 1. The largest absolute Gasteiger partial charge is 0.497 e. The third kappa shape index (κ3) is 5.03. The van der Waals surface area contributed by atoms with Crippen molar-refractivity contribution in [1.29, 1.82) is 0 Å². The summed E-state index contributed by atoms with van der Waals surface area (Å²) in [6.07, 6.45) is 1.75. The van der Waals surface area contributed by atoms with Gasteiger partial charge in [0.2, 0.25) is 5.91 Å². The van der Waals surface area contributed by atoms with E-state index in [9.17, 15) is 9.18 Å². The van der Waals surface area contributed by atoms with Crippen LogP contribution in [0.25, 0.3) is 11.4 Å². The highest BCUT2D eigenvalue weighted by atomic mass is 32.2. The minimum atomic E-state index is -0.463. The van der Waals surface area contributed by atoms with E-state index in [-0.39, 0.29) is 5.91 Å². The lowest BCUT2D eigenvalue weighted by Gasteiger charge is -2.13. The molecule has 150 valence electrons. The quantitative estimate of drug-likeness (QED) is 0.439. The molecule has 1 aromatic heterocycles. The summed E-state index contributed by atoms with van der Waals surface area (Å²) >= 11 is 1.28. The molecule has 2 aromatic carbocycles. The number of amides is 1. The number of aromatic nitrogens is 3. The summed E-state index contributed by atoms with van der Waals surface area (Å²) in [5, 5.41) is 11.4. The summed E-state index contributed by atoms with van der Waals surface area (Å²) in [6.45, 7) is 6.05. The molecule has 0 bridgehead atoms. The van der Waals surface area contributed by atoms with Crippen molar-refractivity contribution in [3.8, 4) is 17.1 Å². The van der Waals surface area contributed by atoms with Gasteiger partial charge in [0, 0.05) is 17.8 Å². The van der Waals surface area contributed by atoms with Crippen molar-refractivity contribution >= 4 is 23.4 Å². The van der Waals surface area contributed by atoms with E-state index in [1.807, 2.05) is 28.8 Å². The fourth-order valence-electron chi connectivity index (χ4n) is 2.64. The molecule has 3 rings (SSSR count). The van der Waals surface area contributed by atoms with E-state index in [1.54, 1.807) is 32.2 Å². The number of nitrogens with one attached hydrogen (secondary N) is 1. The first-order chi connectivity index (χ1) is 14.0. The van der Waals surface area contributed by atoms with Gasteiger partial charge in [0.1, 0.15) is 11.6 Å². The van der Waals surface area contributed by atoms with E-state index in [2.05, 4.69) is 22.1 Å². The van der Waals surface area contributed by atoms with Crippen molar-refractivity contribution in [2.75, 3.05) is 12.4 Å². The van der Waals surface area contributed by atoms with Crippen LogP contribution in [0, 0.1) is 5.82 Å². The number of hydrogen-bond donors (Lipinski definition) is 1. The first kappa shape index (κ1) is 20.6. The van der Waals surface area contributed by atoms with Crippen LogP contribution in [0.3, 0.4) is 0 Å². The average molecular weight is 412 g/mol. The molecule has 3 aromatic rings. The second-order valence-electron chi connectivity index (χ2n) is 6.19. The van der Waals surface area contributed by atoms with Gasteiger partial charge < -0.3 is 10.1 Å². The SMILES string of the molecule is C=CCn1c(S[C@@H](C)C(=O)Nc2cccc(F)c2)nnc1-c1ccc(OC)cc1. The summed E-state index contributed by atoms with van der Waals surface area (Å²) in [5.74, 6) is 0.770. The fraction of sp³-hybridized carbons (Fsp3) is 0.190. The number of carbonyl (C=O) groups is 1. The minimum absolute atomic E-state index is 0.250. The van der Waals surface area contributed by atoms with Crippen LogP contribution in [0.15, 0.2) is 66.3 Å². The summed E-state index contributed by atoms with van der Waals surface area (Å²) < 4.78 is 20.4. The summed E-state index contributed by atoms with van der Waals surface area (Å²) in [6, 6.07) is 13.3. The van der Waals surface area contributed by atoms with Gasteiger partial charge in [-0.15, -0.1) is 16.8 Å². The molecule has 0 saturated heterocycles. The van der Waals surface area contributed by atoms with Crippen LogP contribution in [0.4, 0.5) is 10.1 Å². The van der Waals surface area contributed by atoms with Crippen LogP contribution in [-0.2, 0) is 11.3 Å². The Hall–Kier alpha value is -3.13. The van der Waals surface area contributed by atoms with Crippen LogP contribution >= 0.6 is 11.8 Å².